The van der Waals surface area contributed by atoms with Gasteiger partial charge in [0, 0.05) is 39.8 Å². The van der Waals surface area contributed by atoms with Gasteiger partial charge in [0.05, 0.1) is 6.04 Å². The van der Waals surface area contributed by atoms with E-state index in [-0.39, 0.29) is 11.9 Å². The molecule has 110 valence electrons. The fourth-order valence-electron chi connectivity index (χ4n) is 2.71. The summed E-state index contributed by atoms with van der Waals surface area (Å²) in [5.41, 5.74) is 2.42. The Bertz CT molecular complexity index is 455. The Morgan fingerprint density at radius 1 is 1.40 bits per heavy atom. The van der Waals surface area contributed by atoms with E-state index in [0.717, 1.165) is 26.2 Å². The molecule has 1 unspecified atom stereocenters. The quantitative estimate of drug-likeness (QED) is 0.898. The van der Waals surface area contributed by atoms with Crippen LogP contribution in [-0.4, -0.2) is 55.0 Å². The lowest BCUT2D eigenvalue weighted by Crippen LogP contribution is -2.52. The van der Waals surface area contributed by atoms with Crippen LogP contribution in [0.3, 0.4) is 0 Å². The highest BCUT2D eigenvalue weighted by molar-refractivity contribution is 5.81. The van der Waals surface area contributed by atoms with Crippen molar-refractivity contribution < 1.29 is 4.79 Å². The Morgan fingerprint density at radius 2 is 2.10 bits per heavy atom. The molecule has 0 radical (unpaired) electrons. The molecule has 1 atom stereocenters. The van der Waals surface area contributed by atoms with Gasteiger partial charge < -0.3 is 10.2 Å². The topological polar surface area (TPSA) is 35.6 Å². The zero-order valence-corrected chi connectivity index (χ0v) is 12.7. The lowest BCUT2D eigenvalue weighted by Gasteiger charge is -2.34. The molecule has 0 aromatic heterocycles. The molecule has 1 aliphatic heterocycles. The molecular formula is C16H25N3O. The Kier molecular flexibility index (Phi) is 5.15. The predicted molar refractivity (Wildman–Crippen MR) is 81.6 cm³/mol. The van der Waals surface area contributed by atoms with Crippen molar-refractivity contribution in [2.45, 2.75) is 26.4 Å². The smallest absolute Gasteiger partial charge is 0.239 e. The molecule has 0 saturated carbocycles. The van der Waals surface area contributed by atoms with Crippen LogP contribution >= 0.6 is 0 Å². The molecule has 1 heterocycles. The second-order valence-corrected chi connectivity index (χ2v) is 5.65. The van der Waals surface area contributed by atoms with Crippen molar-refractivity contribution in [3.05, 3.63) is 35.4 Å². The third kappa shape index (κ3) is 3.81. The molecule has 1 amide bonds. The average molecular weight is 275 g/mol. The minimum Gasteiger partial charge on any atom is -0.340 e. The first-order valence-corrected chi connectivity index (χ1v) is 7.33. The van der Waals surface area contributed by atoms with Crippen molar-refractivity contribution in [3.8, 4) is 0 Å². The number of nitrogens with zero attached hydrogens (tertiary/aromatic N) is 2. The monoisotopic (exact) mass is 275 g/mol. The molecule has 2 rings (SSSR count). The molecule has 1 aromatic rings. The van der Waals surface area contributed by atoms with Crippen molar-refractivity contribution in [2.24, 2.45) is 0 Å². The lowest BCUT2D eigenvalue weighted by molar-refractivity contribution is -0.135. The van der Waals surface area contributed by atoms with Crippen LogP contribution < -0.4 is 5.32 Å². The van der Waals surface area contributed by atoms with Gasteiger partial charge >= 0.3 is 0 Å². The fraction of sp³-hybridized carbons (Fsp3) is 0.562. The predicted octanol–water partition coefficient (Wildman–Crippen LogP) is 1.25. The van der Waals surface area contributed by atoms with Crippen molar-refractivity contribution in [1.29, 1.82) is 0 Å². The van der Waals surface area contributed by atoms with E-state index in [1.807, 2.05) is 24.9 Å². The molecule has 1 aromatic carbocycles. The molecule has 20 heavy (non-hydrogen) atoms. The van der Waals surface area contributed by atoms with Gasteiger partial charge in [0.2, 0.25) is 5.91 Å². The van der Waals surface area contributed by atoms with Gasteiger partial charge in [-0.2, -0.15) is 0 Å². The summed E-state index contributed by atoms with van der Waals surface area (Å²) >= 11 is 0. The number of nitrogens with one attached hydrogen (secondary N) is 1. The molecular weight excluding hydrogens is 250 g/mol. The number of amides is 1. The third-order valence-corrected chi connectivity index (χ3v) is 3.94. The average Bonchev–Trinajstić information content (AvgIpc) is 2.46. The zero-order valence-electron chi connectivity index (χ0n) is 12.7. The molecule has 4 nitrogen and oxygen atoms in total. The van der Waals surface area contributed by atoms with Crippen LogP contribution in [0.1, 0.15) is 18.1 Å². The van der Waals surface area contributed by atoms with Gasteiger partial charge in [0.1, 0.15) is 0 Å². The highest BCUT2D eigenvalue weighted by Crippen LogP contribution is 2.10. The Labute approximate surface area is 121 Å². The molecule has 4 heteroatoms. The first-order valence-electron chi connectivity index (χ1n) is 7.33. The maximum Gasteiger partial charge on any atom is 0.239 e. The zero-order chi connectivity index (χ0) is 14.5. The molecule has 1 N–H and O–H groups in total. The van der Waals surface area contributed by atoms with Crippen LogP contribution in [0.4, 0.5) is 0 Å². The lowest BCUT2D eigenvalue weighted by atomic mass is 10.1. The summed E-state index contributed by atoms with van der Waals surface area (Å²) in [6.07, 6.45) is 0. The maximum atomic E-state index is 12.5. The second kappa shape index (κ2) is 6.86. The summed E-state index contributed by atoms with van der Waals surface area (Å²) in [5.74, 6) is 0.202. The molecule has 0 spiro atoms. The van der Waals surface area contributed by atoms with Gasteiger partial charge in [-0.1, -0.05) is 29.8 Å². The van der Waals surface area contributed by atoms with E-state index in [0.29, 0.717) is 6.54 Å². The van der Waals surface area contributed by atoms with Gasteiger partial charge in [-0.25, -0.2) is 0 Å². The normalized spacial score (nSPS) is 17.8. The minimum absolute atomic E-state index is 0.0353. The Balaban J connectivity index is 1.93. The van der Waals surface area contributed by atoms with Crippen molar-refractivity contribution in [3.63, 3.8) is 0 Å². The van der Waals surface area contributed by atoms with Crippen LogP contribution in [-0.2, 0) is 11.3 Å². The minimum atomic E-state index is -0.0353. The number of likely N-dealkylation sites (N-methyl/N-ethyl adjacent to an activating group) is 1. The molecule has 0 aliphatic carbocycles. The Morgan fingerprint density at radius 3 is 2.75 bits per heavy atom. The van der Waals surface area contributed by atoms with E-state index in [4.69, 9.17) is 0 Å². The number of benzene rings is 1. The second-order valence-electron chi connectivity index (χ2n) is 5.65. The first kappa shape index (κ1) is 15.0. The standard InChI is InChI=1S/C16H25N3O/c1-13-5-4-6-15(11-13)12-18(3)16(20)14(2)19-9-7-17-8-10-19/h4-6,11,14,17H,7-10,12H2,1-3H3. The maximum absolute atomic E-state index is 12.5. The summed E-state index contributed by atoms with van der Waals surface area (Å²) < 4.78 is 0. The fourth-order valence-corrected chi connectivity index (χ4v) is 2.71. The third-order valence-electron chi connectivity index (χ3n) is 3.94. The van der Waals surface area contributed by atoms with Crippen LogP contribution in [0.5, 0.6) is 0 Å². The molecule has 0 bridgehead atoms. The van der Waals surface area contributed by atoms with Crippen LogP contribution in [0, 0.1) is 6.92 Å². The number of carbonyl (C=O) groups is 1. The summed E-state index contributed by atoms with van der Waals surface area (Å²) in [5, 5.41) is 3.32. The number of hydrogen-bond donors (Lipinski definition) is 1. The highest BCUT2D eigenvalue weighted by atomic mass is 16.2. The summed E-state index contributed by atoms with van der Waals surface area (Å²) in [4.78, 5) is 16.6. The molecule has 1 saturated heterocycles. The number of rotatable bonds is 4. The van der Waals surface area contributed by atoms with Crippen LogP contribution in [0.2, 0.25) is 0 Å². The van der Waals surface area contributed by atoms with Gasteiger partial charge in [0.25, 0.3) is 0 Å². The first-order chi connectivity index (χ1) is 9.58. The van der Waals surface area contributed by atoms with Crippen LogP contribution in [0.25, 0.3) is 0 Å². The van der Waals surface area contributed by atoms with E-state index in [9.17, 15) is 4.79 Å². The van der Waals surface area contributed by atoms with E-state index >= 15 is 0 Å². The molecule has 1 aliphatic rings. The number of carbonyl (C=O) groups excluding carboxylic acids is 1. The summed E-state index contributed by atoms with van der Waals surface area (Å²) in [6, 6.07) is 8.30. The summed E-state index contributed by atoms with van der Waals surface area (Å²) in [6.45, 7) is 8.61. The largest absolute Gasteiger partial charge is 0.340 e. The van der Waals surface area contributed by atoms with Crippen LogP contribution in [0.15, 0.2) is 24.3 Å². The Hall–Kier alpha value is -1.39. The van der Waals surface area contributed by atoms with Crippen molar-refractivity contribution in [1.82, 2.24) is 15.1 Å². The number of piperazine rings is 1. The van der Waals surface area contributed by atoms with E-state index in [2.05, 4.69) is 35.3 Å². The highest BCUT2D eigenvalue weighted by Gasteiger charge is 2.25. The number of hydrogen-bond acceptors (Lipinski definition) is 3. The summed E-state index contributed by atoms with van der Waals surface area (Å²) in [7, 11) is 1.89. The van der Waals surface area contributed by atoms with Gasteiger partial charge in [-0.15, -0.1) is 0 Å². The van der Waals surface area contributed by atoms with Crippen molar-refractivity contribution >= 4 is 5.91 Å². The van der Waals surface area contributed by atoms with Gasteiger partial charge in [-0.3, -0.25) is 9.69 Å². The van der Waals surface area contributed by atoms with Gasteiger partial charge in [-0.05, 0) is 19.4 Å². The van der Waals surface area contributed by atoms with Crippen molar-refractivity contribution in [2.75, 3.05) is 33.2 Å². The molecule has 1 fully saturated rings. The SMILES string of the molecule is Cc1cccc(CN(C)C(=O)C(C)N2CCNCC2)c1. The van der Waals surface area contributed by atoms with Gasteiger partial charge in [0.15, 0.2) is 0 Å². The van der Waals surface area contributed by atoms with E-state index < -0.39 is 0 Å². The van der Waals surface area contributed by atoms with E-state index in [1.165, 1.54) is 11.1 Å². The number of aryl methyl sites for hydroxylation is 1. The van der Waals surface area contributed by atoms with E-state index in [1.54, 1.807) is 0 Å².